The van der Waals surface area contributed by atoms with Gasteiger partial charge in [-0.3, -0.25) is 4.79 Å². The molecule has 4 rings (SSSR count). The SMILES string of the molecule is O=C(COc1ccccc1)N[C@@H]1CCCc2c1[nH]c1c(Cl)cccc21. The maximum absolute atomic E-state index is 12.3. The molecule has 5 heteroatoms. The maximum atomic E-state index is 12.3. The second-order valence-corrected chi connectivity index (χ2v) is 6.70. The molecule has 1 aliphatic carbocycles. The van der Waals surface area contributed by atoms with Crippen molar-refractivity contribution in [2.45, 2.75) is 25.3 Å². The fraction of sp³-hybridized carbons (Fsp3) is 0.250. The van der Waals surface area contributed by atoms with E-state index in [-0.39, 0.29) is 18.6 Å². The van der Waals surface area contributed by atoms with Gasteiger partial charge >= 0.3 is 0 Å². The minimum absolute atomic E-state index is 0.0107. The van der Waals surface area contributed by atoms with Gasteiger partial charge in [0.25, 0.3) is 5.91 Å². The maximum Gasteiger partial charge on any atom is 0.258 e. The molecule has 2 aromatic carbocycles. The average Bonchev–Trinajstić information content (AvgIpc) is 3.02. The van der Waals surface area contributed by atoms with Crippen molar-refractivity contribution < 1.29 is 9.53 Å². The summed E-state index contributed by atoms with van der Waals surface area (Å²) in [5, 5.41) is 4.95. The lowest BCUT2D eigenvalue weighted by Crippen LogP contribution is -2.34. The number of nitrogens with one attached hydrogen (secondary N) is 2. The number of aryl methyl sites for hydroxylation is 1. The quantitative estimate of drug-likeness (QED) is 0.729. The van der Waals surface area contributed by atoms with E-state index in [1.165, 1.54) is 5.56 Å². The van der Waals surface area contributed by atoms with Crippen LogP contribution in [0, 0.1) is 0 Å². The first-order valence-electron chi connectivity index (χ1n) is 8.48. The Labute approximate surface area is 151 Å². The van der Waals surface area contributed by atoms with Crippen molar-refractivity contribution in [2.24, 2.45) is 0 Å². The lowest BCUT2D eigenvalue weighted by atomic mass is 9.91. The zero-order valence-electron chi connectivity index (χ0n) is 13.7. The summed E-state index contributed by atoms with van der Waals surface area (Å²) in [4.78, 5) is 15.7. The fourth-order valence-electron chi connectivity index (χ4n) is 3.50. The van der Waals surface area contributed by atoms with Crippen molar-refractivity contribution in [3.05, 3.63) is 64.8 Å². The summed E-state index contributed by atoms with van der Waals surface area (Å²) in [7, 11) is 0. The second-order valence-electron chi connectivity index (χ2n) is 6.29. The molecular weight excluding hydrogens is 336 g/mol. The van der Waals surface area contributed by atoms with E-state index in [4.69, 9.17) is 16.3 Å². The highest BCUT2D eigenvalue weighted by molar-refractivity contribution is 6.35. The smallest absolute Gasteiger partial charge is 0.258 e. The van der Waals surface area contributed by atoms with Crippen LogP contribution in [0.1, 0.15) is 30.1 Å². The molecule has 25 heavy (non-hydrogen) atoms. The summed E-state index contributed by atoms with van der Waals surface area (Å²) in [6.45, 7) is 0.0107. The zero-order valence-corrected chi connectivity index (χ0v) is 14.5. The van der Waals surface area contributed by atoms with Crippen molar-refractivity contribution >= 4 is 28.4 Å². The first-order valence-corrected chi connectivity index (χ1v) is 8.86. The average molecular weight is 355 g/mol. The molecule has 0 spiro atoms. The van der Waals surface area contributed by atoms with E-state index in [1.807, 2.05) is 42.5 Å². The van der Waals surface area contributed by atoms with Crippen LogP contribution in [0.5, 0.6) is 5.75 Å². The summed E-state index contributed by atoms with van der Waals surface area (Å²) in [6, 6.07) is 15.3. The Balaban J connectivity index is 1.50. The molecule has 2 N–H and O–H groups in total. The Morgan fingerprint density at radius 3 is 2.88 bits per heavy atom. The molecule has 1 aliphatic rings. The van der Waals surface area contributed by atoms with Gasteiger partial charge in [0.2, 0.25) is 0 Å². The van der Waals surface area contributed by atoms with Crippen molar-refractivity contribution in [1.82, 2.24) is 10.3 Å². The monoisotopic (exact) mass is 354 g/mol. The number of amides is 1. The van der Waals surface area contributed by atoms with Gasteiger partial charge in [0.15, 0.2) is 6.61 Å². The molecule has 0 unspecified atom stereocenters. The van der Waals surface area contributed by atoms with Gasteiger partial charge in [0.05, 0.1) is 16.6 Å². The second kappa shape index (κ2) is 6.81. The van der Waals surface area contributed by atoms with Crippen molar-refractivity contribution in [3.8, 4) is 5.75 Å². The highest BCUT2D eigenvalue weighted by Crippen LogP contribution is 2.36. The number of carbonyl (C=O) groups is 1. The molecule has 0 saturated carbocycles. The normalized spacial score (nSPS) is 16.4. The van der Waals surface area contributed by atoms with E-state index in [1.54, 1.807) is 0 Å². The number of H-pyrrole nitrogens is 1. The van der Waals surface area contributed by atoms with Crippen LogP contribution >= 0.6 is 11.6 Å². The van der Waals surface area contributed by atoms with Gasteiger partial charge in [0, 0.05) is 11.1 Å². The molecular formula is C20H19ClN2O2. The van der Waals surface area contributed by atoms with E-state index < -0.39 is 0 Å². The van der Waals surface area contributed by atoms with E-state index in [0.717, 1.165) is 35.9 Å². The Morgan fingerprint density at radius 2 is 2.04 bits per heavy atom. The minimum Gasteiger partial charge on any atom is -0.484 e. The van der Waals surface area contributed by atoms with Crippen LogP contribution in [0.2, 0.25) is 5.02 Å². The van der Waals surface area contributed by atoms with E-state index in [2.05, 4.69) is 16.4 Å². The number of hydrogen-bond donors (Lipinski definition) is 2. The number of hydrogen-bond acceptors (Lipinski definition) is 2. The van der Waals surface area contributed by atoms with Crippen LogP contribution in [0.15, 0.2) is 48.5 Å². The Hall–Kier alpha value is -2.46. The summed E-state index contributed by atoms with van der Waals surface area (Å²) >= 11 is 6.31. The van der Waals surface area contributed by atoms with Crippen molar-refractivity contribution in [1.29, 1.82) is 0 Å². The third-order valence-electron chi connectivity index (χ3n) is 4.64. The van der Waals surface area contributed by atoms with E-state index >= 15 is 0 Å². The van der Waals surface area contributed by atoms with E-state index in [9.17, 15) is 4.79 Å². The predicted molar refractivity (Wildman–Crippen MR) is 99.1 cm³/mol. The van der Waals surface area contributed by atoms with Crippen LogP contribution in [0.3, 0.4) is 0 Å². The molecule has 4 nitrogen and oxygen atoms in total. The number of fused-ring (bicyclic) bond motifs is 3. The molecule has 1 heterocycles. The Bertz CT molecular complexity index is 905. The number of ether oxygens (including phenoxy) is 1. The summed E-state index contributed by atoms with van der Waals surface area (Å²) < 4.78 is 5.53. The molecule has 1 amide bonds. The van der Waals surface area contributed by atoms with Gasteiger partial charge in [-0.1, -0.05) is 41.9 Å². The van der Waals surface area contributed by atoms with Crippen LogP contribution in [-0.4, -0.2) is 17.5 Å². The molecule has 3 aromatic rings. The molecule has 0 saturated heterocycles. The fourth-order valence-corrected chi connectivity index (χ4v) is 3.72. The van der Waals surface area contributed by atoms with Crippen LogP contribution in [0.4, 0.5) is 0 Å². The molecule has 0 radical (unpaired) electrons. The van der Waals surface area contributed by atoms with Crippen molar-refractivity contribution in [3.63, 3.8) is 0 Å². The number of para-hydroxylation sites is 2. The van der Waals surface area contributed by atoms with Crippen LogP contribution in [-0.2, 0) is 11.2 Å². The molecule has 128 valence electrons. The highest BCUT2D eigenvalue weighted by Gasteiger charge is 2.26. The summed E-state index contributed by atoms with van der Waals surface area (Å²) in [5.41, 5.74) is 3.29. The highest BCUT2D eigenvalue weighted by atomic mass is 35.5. The summed E-state index contributed by atoms with van der Waals surface area (Å²) in [5.74, 6) is 0.575. The molecule has 1 aromatic heterocycles. The number of benzene rings is 2. The van der Waals surface area contributed by atoms with Crippen LogP contribution < -0.4 is 10.1 Å². The minimum atomic E-state index is -0.119. The zero-order chi connectivity index (χ0) is 17.2. The Morgan fingerprint density at radius 1 is 1.20 bits per heavy atom. The standard InChI is InChI=1S/C20H19ClN2O2/c21-16-10-4-8-14-15-9-5-11-17(20(15)23-19(14)16)22-18(24)12-25-13-6-2-1-3-7-13/h1-4,6-8,10,17,23H,5,9,11-12H2,(H,22,24)/t17-/m1/s1. The van der Waals surface area contributed by atoms with Crippen molar-refractivity contribution in [2.75, 3.05) is 6.61 Å². The van der Waals surface area contributed by atoms with Gasteiger partial charge in [-0.15, -0.1) is 0 Å². The lowest BCUT2D eigenvalue weighted by molar-refractivity contribution is -0.124. The number of carbonyl (C=O) groups excluding carboxylic acids is 1. The van der Waals surface area contributed by atoms with Gasteiger partial charge in [-0.2, -0.15) is 0 Å². The third kappa shape index (κ3) is 3.22. The van der Waals surface area contributed by atoms with E-state index in [0.29, 0.717) is 10.8 Å². The summed E-state index contributed by atoms with van der Waals surface area (Å²) in [6.07, 6.45) is 2.95. The molecule has 1 atom stereocenters. The number of aromatic amines is 1. The first kappa shape index (κ1) is 16.0. The Kier molecular flexibility index (Phi) is 4.36. The van der Waals surface area contributed by atoms with Gasteiger partial charge < -0.3 is 15.0 Å². The van der Waals surface area contributed by atoms with Gasteiger partial charge in [0.1, 0.15) is 5.75 Å². The number of rotatable bonds is 4. The largest absolute Gasteiger partial charge is 0.484 e. The number of halogens is 1. The van der Waals surface area contributed by atoms with Crippen LogP contribution in [0.25, 0.3) is 10.9 Å². The molecule has 0 bridgehead atoms. The van der Waals surface area contributed by atoms with Gasteiger partial charge in [-0.25, -0.2) is 0 Å². The predicted octanol–water partition coefficient (Wildman–Crippen LogP) is 4.39. The molecule has 0 fully saturated rings. The third-order valence-corrected chi connectivity index (χ3v) is 4.95. The number of aromatic nitrogens is 1. The topological polar surface area (TPSA) is 54.1 Å². The van der Waals surface area contributed by atoms with Gasteiger partial charge in [-0.05, 0) is 43.0 Å². The lowest BCUT2D eigenvalue weighted by Gasteiger charge is -2.23. The molecule has 0 aliphatic heterocycles. The first-order chi connectivity index (χ1) is 12.2.